The molecular formula is C20H24O4. The highest BCUT2D eigenvalue weighted by Gasteiger charge is 2.62. The van der Waals surface area contributed by atoms with Crippen LogP contribution in [0.25, 0.3) is 6.08 Å². The van der Waals surface area contributed by atoms with E-state index < -0.39 is 0 Å². The smallest absolute Gasteiger partial charge is 0.331 e. The summed E-state index contributed by atoms with van der Waals surface area (Å²) in [4.78, 5) is 12.3. The Bertz CT molecular complexity index is 706. The van der Waals surface area contributed by atoms with Crippen LogP contribution in [0, 0.1) is 16.7 Å². The highest BCUT2D eigenvalue weighted by molar-refractivity contribution is 5.87. The van der Waals surface area contributed by atoms with Gasteiger partial charge in [-0.05, 0) is 54.4 Å². The predicted molar refractivity (Wildman–Crippen MR) is 90.7 cm³/mol. The Morgan fingerprint density at radius 2 is 2.04 bits per heavy atom. The summed E-state index contributed by atoms with van der Waals surface area (Å²) in [6.07, 6.45) is 6.71. The lowest BCUT2D eigenvalue weighted by Crippen LogP contribution is -2.38. The molecule has 1 aromatic carbocycles. The van der Waals surface area contributed by atoms with Crippen molar-refractivity contribution in [2.45, 2.75) is 46.1 Å². The van der Waals surface area contributed by atoms with Crippen LogP contribution in [0.4, 0.5) is 0 Å². The van der Waals surface area contributed by atoms with E-state index in [4.69, 9.17) is 14.2 Å². The van der Waals surface area contributed by atoms with E-state index in [1.807, 2.05) is 18.2 Å². The Hall–Kier alpha value is -1.97. The van der Waals surface area contributed by atoms with E-state index in [1.54, 1.807) is 6.08 Å². The van der Waals surface area contributed by atoms with E-state index in [2.05, 4.69) is 20.8 Å². The molecule has 1 aliphatic heterocycles. The predicted octanol–water partition coefficient (Wildman–Crippen LogP) is 4.19. The third-order valence-electron chi connectivity index (χ3n) is 6.78. The first-order valence-electron chi connectivity index (χ1n) is 8.68. The van der Waals surface area contributed by atoms with Gasteiger partial charge < -0.3 is 14.2 Å². The molecule has 0 N–H and O–H groups in total. The van der Waals surface area contributed by atoms with E-state index in [-0.39, 0.29) is 29.7 Å². The van der Waals surface area contributed by atoms with Crippen LogP contribution in [-0.2, 0) is 9.53 Å². The molecule has 0 unspecified atom stereocenters. The number of carbonyl (C=O) groups excluding carboxylic acids is 1. The molecule has 2 fully saturated rings. The molecule has 0 radical (unpaired) electrons. The second-order valence-corrected chi connectivity index (χ2v) is 7.98. The van der Waals surface area contributed by atoms with Gasteiger partial charge in [-0.3, -0.25) is 0 Å². The van der Waals surface area contributed by atoms with Crippen molar-refractivity contribution in [1.82, 2.24) is 0 Å². The fourth-order valence-electron chi connectivity index (χ4n) is 4.67. The summed E-state index contributed by atoms with van der Waals surface area (Å²) < 4.78 is 16.5. The van der Waals surface area contributed by atoms with Crippen molar-refractivity contribution in [3.63, 3.8) is 0 Å². The number of carbonyl (C=O) groups is 1. The molecule has 0 saturated heterocycles. The standard InChI is InChI=1S/C20H24O4/c1-19(2)14-8-9-20(19,3)17(11-14)24-18(21)7-5-13-4-6-15-16(10-13)23-12-22-15/h4-7,10,14,17H,8-9,11-12H2,1-3H3/t14-,17+,20+/m1/s1. The minimum absolute atomic E-state index is 0.0279. The van der Waals surface area contributed by atoms with Crippen molar-refractivity contribution in [2.75, 3.05) is 6.79 Å². The lowest BCUT2D eigenvalue weighted by atomic mass is 9.70. The molecule has 1 aromatic rings. The van der Waals surface area contributed by atoms with Gasteiger partial charge in [-0.1, -0.05) is 26.8 Å². The zero-order valence-corrected chi connectivity index (χ0v) is 14.5. The molecule has 4 rings (SSSR count). The maximum absolute atomic E-state index is 12.3. The Kier molecular flexibility index (Phi) is 3.41. The summed E-state index contributed by atoms with van der Waals surface area (Å²) in [7, 11) is 0. The topological polar surface area (TPSA) is 44.8 Å². The van der Waals surface area contributed by atoms with Gasteiger partial charge in [0.25, 0.3) is 0 Å². The van der Waals surface area contributed by atoms with Gasteiger partial charge in [-0.15, -0.1) is 0 Å². The minimum Gasteiger partial charge on any atom is -0.459 e. The number of rotatable bonds is 3. The van der Waals surface area contributed by atoms with E-state index in [9.17, 15) is 4.79 Å². The average Bonchev–Trinajstić information content (AvgIpc) is 3.15. The summed E-state index contributed by atoms with van der Waals surface area (Å²) in [5.41, 5.74) is 1.24. The Morgan fingerprint density at radius 1 is 1.25 bits per heavy atom. The molecule has 4 heteroatoms. The lowest BCUT2D eigenvalue weighted by Gasteiger charge is -2.38. The third-order valence-corrected chi connectivity index (χ3v) is 6.78. The van der Waals surface area contributed by atoms with Crippen LogP contribution in [0.1, 0.15) is 45.6 Å². The van der Waals surface area contributed by atoms with Crippen molar-refractivity contribution in [2.24, 2.45) is 16.7 Å². The van der Waals surface area contributed by atoms with E-state index in [0.717, 1.165) is 24.2 Å². The molecule has 2 aliphatic carbocycles. The largest absolute Gasteiger partial charge is 0.459 e. The van der Waals surface area contributed by atoms with Crippen LogP contribution in [0.2, 0.25) is 0 Å². The monoisotopic (exact) mass is 328 g/mol. The maximum Gasteiger partial charge on any atom is 0.331 e. The van der Waals surface area contributed by atoms with Crippen molar-refractivity contribution < 1.29 is 19.0 Å². The number of ether oxygens (including phenoxy) is 3. The van der Waals surface area contributed by atoms with Crippen LogP contribution in [-0.4, -0.2) is 18.9 Å². The number of hydrogen-bond donors (Lipinski definition) is 0. The van der Waals surface area contributed by atoms with Crippen molar-refractivity contribution >= 4 is 12.0 Å². The molecule has 4 nitrogen and oxygen atoms in total. The SMILES string of the molecule is CC1(C)[C@@H]2CC[C@@]1(C)[C@@H](OC(=O)C=Cc1ccc3c(c1)OCO3)C2. The van der Waals surface area contributed by atoms with Gasteiger partial charge in [0.1, 0.15) is 6.10 Å². The Morgan fingerprint density at radius 3 is 2.75 bits per heavy atom. The van der Waals surface area contributed by atoms with Crippen LogP contribution in [0.3, 0.4) is 0 Å². The molecule has 2 bridgehead atoms. The van der Waals surface area contributed by atoms with E-state index in [0.29, 0.717) is 11.7 Å². The summed E-state index contributed by atoms with van der Waals surface area (Å²) in [5, 5.41) is 0. The third kappa shape index (κ3) is 2.23. The summed E-state index contributed by atoms with van der Waals surface area (Å²) >= 11 is 0. The van der Waals surface area contributed by atoms with Gasteiger partial charge in [-0.2, -0.15) is 0 Å². The van der Waals surface area contributed by atoms with Crippen molar-refractivity contribution in [3.8, 4) is 11.5 Å². The first-order chi connectivity index (χ1) is 11.4. The summed E-state index contributed by atoms with van der Waals surface area (Å²) in [5.74, 6) is 1.86. The molecule has 2 saturated carbocycles. The maximum atomic E-state index is 12.3. The zero-order chi connectivity index (χ0) is 16.9. The van der Waals surface area contributed by atoms with Gasteiger partial charge in [0.15, 0.2) is 11.5 Å². The molecule has 0 amide bonds. The van der Waals surface area contributed by atoms with Crippen molar-refractivity contribution in [3.05, 3.63) is 29.8 Å². The first kappa shape index (κ1) is 15.6. The molecular weight excluding hydrogens is 304 g/mol. The molecule has 24 heavy (non-hydrogen) atoms. The quantitative estimate of drug-likeness (QED) is 0.616. The van der Waals surface area contributed by atoms with Crippen molar-refractivity contribution in [1.29, 1.82) is 0 Å². The zero-order valence-electron chi connectivity index (χ0n) is 14.5. The fraction of sp³-hybridized carbons (Fsp3) is 0.550. The highest BCUT2D eigenvalue weighted by Crippen LogP contribution is 2.66. The van der Waals surface area contributed by atoms with Gasteiger partial charge in [-0.25, -0.2) is 4.79 Å². The molecule has 128 valence electrons. The Labute approximate surface area is 142 Å². The summed E-state index contributed by atoms with van der Waals surface area (Å²) in [6.45, 7) is 7.17. The van der Waals surface area contributed by atoms with Crippen LogP contribution >= 0.6 is 0 Å². The number of fused-ring (bicyclic) bond motifs is 3. The van der Waals surface area contributed by atoms with E-state index >= 15 is 0 Å². The average molecular weight is 328 g/mol. The van der Waals surface area contributed by atoms with E-state index in [1.165, 1.54) is 12.5 Å². The Balaban J connectivity index is 1.43. The fourth-order valence-corrected chi connectivity index (χ4v) is 4.67. The second-order valence-electron chi connectivity index (χ2n) is 7.98. The summed E-state index contributed by atoms with van der Waals surface area (Å²) in [6, 6.07) is 5.63. The minimum atomic E-state index is -0.262. The van der Waals surface area contributed by atoms with Gasteiger partial charge in [0.2, 0.25) is 6.79 Å². The first-order valence-corrected chi connectivity index (χ1v) is 8.68. The van der Waals surface area contributed by atoms with Crippen LogP contribution < -0.4 is 9.47 Å². The highest BCUT2D eigenvalue weighted by atomic mass is 16.7. The van der Waals surface area contributed by atoms with Crippen LogP contribution in [0.15, 0.2) is 24.3 Å². The normalized spacial score (nSPS) is 32.5. The molecule has 0 spiro atoms. The molecule has 3 aliphatic rings. The molecule has 1 heterocycles. The second kappa shape index (κ2) is 5.27. The van der Waals surface area contributed by atoms with Gasteiger partial charge in [0.05, 0.1) is 0 Å². The number of esters is 1. The van der Waals surface area contributed by atoms with Gasteiger partial charge >= 0.3 is 5.97 Å². The molecule has 0 aromatic heterocycles. The molecule has 3 atom stereocenters. The number of hydrogen-bond acceptors (Lipinski definition) is 4. The van der Waals surface area contributed by atoms with Crippen LogP contribution in [0.5, 0.6) is 11.5 Å². The lowest BCUT2D eigenvalue weighted by molar-refractivity contribution is -0.150. The van der Waals surface area contributed by atoms with Gasteiger partial charge in [0, 0.05) is 11.5 Å². The number of benzene rings is 1.